The predicted molar refractivity (Wildman–Crippen MR) is 121 cm³/mol. The van der Waals surface area contributed by atoms with E-state index in [0.29, 0.717) is 30.9 Å². The van der Waals surface area contributed by atoms with E-state index in [-0.39, 0.29) is 16.5 Å². The van der Waals surface area contributed by atoms with E-state index in [1.807, 2.05) is 24.3 Å². The number of hydrogen-bond donors (Lipinski definition) is 3. The Morgan fingerprint density at radius 2 is 1.97 bits per heavy atom. The third-order valence-electron chi connectivity index (χ3n) is 5.43. The largest absolute Gasteiger partial charge is 0.507 e. The zero-order chi connectivity index (χ0) is 25.3. The molecule has 184 valence electrons. The Morgan fingerprint density at radius 3 is 2.63 bits per heavy atom. The summed E-state index contributed by atoms with van der Waals surface area (Å²) in [7, 11) is 0. The number of alkyl halides is 3. The second-order valence-electron chi connectivity index (χ2n) is 8.06. The monoisotopic (exact) mass is 508 g/mol. The second-order valence-corrected chi connectivity index (χ2v) is 8.46. The van der Waals surface area contributed by atoms with E-state index in [9.17, 15) is 27.9 Å². The number of nitrogens with one attached hydrogen (secondary N) is 2. The average Bonchev–Trinajstić information content (AvgIpc) is 3.19. The molecule has 4 rings (SSSR count). The third kappa shape index (κ3) is 5.57. The van der Waals surface area contributed by atoms with Gasteiger partial charge < -0.3 is 15.2 Å². The van der Waals surface area contributed by atoms with Crippen LogP contribution in [0, 0.1) is 0 Å². The summed E-state index contributed by atoms with van der Waals surface area (Å²) in [4.78, 5) is 24.5. The van der Waals surface area contributed by atoms with Crippen LogP contribution in [0.3, 0.4) is 0 Å². The molecule has 0 bridgehead atoms. The molecule has 3 aromatic rings. The van der Waals surface area contributed by atoms with Gasteiger partial charge >= 0.3 is 12.1 Å². The molecule has 2 heterocycles. The Bertz CT molecular complexity index is 1280. The SMILES string of the molecule is CC(=O)Nc1ccc(CN2CCc3[nH]nc(-c4cc(Cl)c(OC(=O)C(F)(F)F)cc4O)c3C2)cc1. The maximum Gasteiger partial charge on any atom is 0.491 e. The first-order chi connectivity index (χ1) is 16.5. The molecule has 0 spiro atoms. The number of phenols is 1. The van der Waals surface area contributed by atoms with Gasteiger partial charge in [-0.1, -0.05) is 23.7 Å². The van der Waals surface area contributed by atoms with Gasteiger partial charge in [0.15, 0.2) is 5.75 Å². The molecule has 1 aromatic heterocycles. The Balaban J connectivity index is 1.53. The summed E-state index contributed by atoms with van der Waals surface area (Å²) in [5.74, 6) is -3.63. The van der Waals surface area contributed by atoms with Crippen molar-refractivity contribution in [1.29, 1.82) is 0 Å². The number of benzene rings is 2. The highest BCUT2D eigenvalue weighted by Crippen LogP contribution is 2.40. The average molecular weight is 509 g/mol. The fraction of sp³-hybridized carbons (Fsp3) is 0.261. The maximum atomic E-state index is 12.5. The van der Waals surface area contributed by atoms with Crippen molar-refractivity contribution >= 4 is 29.2 Å². The lowest BCUT2D eigenvalue weighted by atomic mass is 9.99. The van der Waals surface area contributed by atoms with Crippen LogP contribution in [0.1, 0.15) is 23.7 Å². The summed E-state index contributed by atoms with van der Waals surface area (Å²) in [5, 5.41) is 20.1. The number of halogens is 4. The summed E-state index contributed by atoms with van der Waals surface area (Å²) in [6, 6.07) is 9.56. The number of hydrogen-bond acceptors (Lipinski definition) is 6. The summed E-state index contributed by atoms with van der Waals surface area (Å²) in [6.45, 7) is 3.32. The number of aromatic nitrogens is 2. The minimum Gasteiger partial charge on any atom is -0.507 e. The lowest BCUT2D eigenvalue weighted by Crippen LogP contribution is -2.30. The van der Waals surface area contributed by atoms with Gasteiger partial charge in [-0.3, -0.25) is 14.8 Å². The third-order valence-corrected chi connectivity index (χ3v) is 5.73. The highest BCUT2D eigenvalue weighted by molar-refractivity contribution is 6.32. The first-order valence-electron chi connectivity index (χ1n) is 10.5. The molecule has 2 aromatic carbocycles. The van der Waals surface area contributed by atoms with Gasteiger partial charge in [0.1, 0.15) is 11.4 Å². The number of anilines is 1. The summed E-state index contributed by atoms with van der Waals surface area (Å²) in [5.41, 5.74) is 4.03. The number of H-pyrrole nitrogens is 1. The first kappa shape index (κ1) is 24.6. The number of ether oxygens (including phenoxy) is 1. The minimum absolute atomic E-state index is 0.149. The van der Waals surface area contributed by atoms with Crippen LogP contribution < -0.4 is 10.1 Å². The number of phenolic OH excluding ortho intramolecular Hbond substituents is 1. The number of carbonyl (C=O) groups excluding carboxylic acids is 2. The van der Waals surface area contributed by atoms with Crippen molar-refractivity contribution in [2.75, 3.05) is 11.9 Å². The van der Waals surface area contributed by atoms with Gasteiger partial charge in [0.2, 0.25) is 5.91 Å². The number of fused-ring (bicyclic) bond motifs is 1. The molecule has 0 unspecified atom stereocenters. The molecule has 35 heavy (non-hydrogen) atoms. The predicted octanol–water partition coefficient (Wildman–Crippen LogP) is 4.42. The number of carbonyl (C=O) groups is 2. The number of amides is 1. The fourth-order valence-corrected chi connectivity index (χ4v) is 4.03. The van der Waals surface area contributed by atoms with Crippen LogP contribution in [0.25, 0.3) is 11.3 Å². The van der Waals surface area contributed by atoms with Gasteiger partial charge in [-0.15, -0.1) is 0 Å². The Hall–Kier alpha value is -3.57. The maximum absolute atomic E-state index is 12.5. The minimum atomic E-state index is -5.20. The standard InChI is InChI=1S/C23H20ClF3N4O4/c1-12(32)28-14-4-2-13(3-5-14)10-31-7-6-18-16(11-31)21(30-29-18)15-8-17(24)20(9-19(15)33)35-22(34)23(25,26)27/h2-5,8-9,33H,6-7,10-11H2,1H3,(H,28,32)(H,29,30). The highest BCUT2D eigenvalue weighted by Gasteiger charge is 2.41. The van der Waals surface area contributed by atoms with Gasteiger partial charge in [0.25, 0.3) is 0 Å². The first-order valence-corrected chi connectivity index (χ1v) is 10.9. The number of aromatic hydroxyl groups is 1. The zero-order valence-electron chi connectivity index (χ0n) is 18.4. The molecule has 0 saturated carbocycles. The van der Waals surface area contributed by atoms with E-state index >= 15 is 0 Å². The van der Waals surface area contributed by atoms with E-state index < -0.39 is 23.6 Å². The van der Waals surface area contributed by atoms with Crippen molar-refractivity contribution in [3.05, 3.63) is 58.2 Å². The van der Waals surface area contributed by atoms with Crippen LogP contribution in [0.5, 0.6) is 11.5 Å². The molecule has 3 N–H and O–H groups in total. The van der Waals surface area contributed by atoms with Gasteiger partial charge in [-0.05, 0) is 23.8 Å². The van der Waals surface area contributed by atoms with Crippen LogP contribution in [0.4, 0.5) is 18.9 Å². The molecular formula is C23H20ClF3N4O4. The second kappa shape index (κ2) is 9.59. The smallest absolute Gasteiger partial charge is 0.491 e. The van der Waals surface area contributed by atoms with Crippen LogP contribution in [0.15, 0.2) is 36.4 Å². The van der Waals surface area contributed by atoms with E-state index in [2.05, 4.69) is 25.2 Å². The molecule has 0 saturated heterocycles. The molecular weight excluding hydrogens is 489 g/mol. The van der Waals surface area contributed by atoms with Gasteiger partial charge in [0.05, 0.1) is 5.02 Å². The zero-order valence-corrected chi connectivity index (χ0v) is 19.1. The number of rotatable bonds is 5. The van der Waals surface area contributed by atoms with Crippen molar-refractivity contribution in [3.8, 4) is 22.8 Å². The topological polar surface area (TPSA) is 108 Å². The number of nitrogens with zero attached hydrogens (tertiary/aromatic N) is 2. The van der Waals surface area contributed by atoms with E-state index in [1.54, 1.807) is 0 Å². The summed E-state index contributed by atoms with van der Waals surface area (Å²) >= 11 is 6.05. The molecule has 8 nitrogen and oxygen atoms in total. The van der Waals surface area contributed by atoms with Crippen molar-refractivity contribution in [3.63, 3.8) is 0 Å². The Kier molecular flexibility index (Phi) is 6.73. The Labute approximate surface area is 202 Å². The van der Waals surface area contributed by atoms with E-state index in [1.165, 1.54) is 13.0 Å². The molecule has 0 aliphatic carbocycles. The molecule has 1 amide bonds. The van der Waals surface area contributed by atoms with Gasteiger partial charge in [0, 0.05) is 61.6 Å². The summed E-state index contributed by atoms with van der Waals surface area (Å²) < 4.78 is 41.8. The normalized spacial score (nSPS) is 13.9. The van der Waals surface area contributed by atoms with E-state index in [4.69, 9.17) is 11.6 Å². The highest BCUT2D eigenvalue weighted by atomic mass is 35.5. The quantitative estimate of drug-likeness (QED) is 0.348. The molecule has 0 radical (unpaired) electrons. The lowest BCUT2D eigenvalue weighted by Gasteiger charge is -2.27. The number of esters is 1. The van der Waals surface area contributed by atoms with Gasteiger partial charge in [-0.25, -0.2) is 4.79 Å². The van der Waals surface area contributed by atoms with Crippen molar-refractivity contribution < 1.29 is 32.6 Å². The van der Waals surface area contributed by atoms with Crippen LogP contribution in [0.2, 0.25) is 5.02 Å². The molecule has 1 aliphatic rings. The summed E-state index contributed by atoms with van der Waals surface area (Å²) in [6.07, 6.45) is -4.53. The van der Waals surface area contributed by atoms with E-state index in [0.717, 1.165) is 29.4 Å². The van der Waals surface area contributed by atoms with Crippen LogP contribution >= 0.6 is 11.6 Å². The lowest BCUT2D eigenvalue weighted by molar-refractivity contribution is -0.189. The van der Waals surface area contributed by atoms with Crippen LogP contribution in [-0.4, -0.2) is 44.8 Å². The molecule has 12 heteroatoms. The van der Waals surface area contributed by atoms with Crippen molar-refractivity contribution in [2.24, 2.45) is 0 Å². The molecule has 0 fully saturated rings. The van der Waals surface area contributed by atoms with Crippen molar-refractivity contribution in [1.82, 2.24) is 15.1 Å². The number of aromatic amines is 1. The Morgan fingerprint density at radius 1 is 1.26 bits per heavy atom. The molecule has 0 atom stereocenters. The fourth-order valence-electron chi connectivity index (χ4n) is 3.83. The molecule has 1 aliphatic heterocycles. The van der Waals surface area contributed by atoms with Crippen molar-refractivity contribution in [2.45, 2.75) is 32.6 Å². The van der Waals surface area contributed by atoms with Crippen LogP contribution in [-0.2, 0) is 29.1 Å². The van der Waals surface area contributed by atoms with Gasteiger partial charge in [-0.2, -0.15) is 18.3 Å².